The van der Waals surface area contributed by atoms with E-state index in [1.807, 2.05) is 6.92 Å². The van der Waals surface area contributed by atoms with Crippen molar-refractivity contribution in [3.63, 3.8) is 0 Å². The lowest BCUT2D eigenvalue weighted by Gasteiger charge is -1.99. The number of epoxide rings is 1. The summed E-state index contributed by atoms with van der Waals surface area (Å²) in [4.78, 5) is 21.0. The summed E-state index contributed by atoms with van der Waals surface area (Å²) >= 11 is 4.76. The molecule has 1 fully saturated rings. The van der Waals surface area contributed by atoms with Crippen LogP contribution < -0.4 is 0 Å². The standard InChI is InChI=1S/C7H10O3.C7H12O2.C2H3Cl/c1-5(2)7(8)10-4-6-3-9-6;1-3-5-6-9-7(8)4-2;1-2-3/h6H,1,3-4H2,2H3;4H,2-3,5-6H2,1H3;2H,1H2. The van der Waals surface area contributed by atoms with E-state index in [1.165, 1.54) is 11.6 Å². The number of hydrogen-bond acceptors (Lipinski definition) is 5. The van der Waals surface area contributed by atoms with Gasteiger partial charge in [0, 0.05) is 11.6 Å². The molecule has 0 radical (unpaired) electrons. The smallest absolute Gasteiger partial charge is 0.333 e. The molecule has 0 N–H and O–H groups in total. The summed E-state index contributed by atoms with van der Waals surface area (Å²) in [5.41, 5.74) is 1.65. The van der Waals surface area contributed by atoms with Crippen LogP contribution in [0.5, 0.6) is 0 Å². The molecule has 0 amide bonds. The van der Waals surface area contributed by atoms with Crippen molar-refractivity contribution < 1.29 is 23.8 Å². The second kappa shape index (κ2) is 15.8. The van der Waals surface area contributed by atoms with E-state index in [9.17, 15) is 9.59 Å². The van der Waals surface area contributed by atoms with Crippen molar-refractivity contribution in [3.05, 3.63) is 36.9 Å². The van der Waals surface area contributed by atoms with Gasteiger partial charge in [-0.1, -0.05) is 44.7 Å². The van der Waals surface area contributed by atoms with Crippen LogP contribution in [0.1, 0.15) is 26.7 Å². The van der Waals surface area contributed by atoms with Gasteiger partial charge in [-0.2, -0.15) is 0 Å². The van der Waals surface area contributed by atoms with E-state index >= 15 is 0 Å². The minimum atomic E-state index is -0.337. The fraction of sp³-hybridized carbons (Fsp3) is 0.500. The molecule has 1 heterocycles. The molecule has 126 valence electrons. The summed E-state index contributed by atoms with van der Waals surface area (Å²) in [6, 6.07) is 0. The molecule has 1 atom stereocenters. The van der Waals surface area contributed by atoms with Crippen LogP contribution in [-0.4, -0.2) is 37.9 Å². The van der Waals surface area contributed by atoms with E-state index in [0.29, 0.717) is 25.4 Å². The Morgan fingerprint density at radius 3 is 2.27 bits per heavy atom. The van der Waals surface area contributed by atoms with Crippen LogP contribution in [0.15, 0.2) is 36.9 Å². The zero-order valence-corrected chi connectivity index (χ0v) is 14.1. The van der Waals surface area contributed by atoms with E-state index in [2.05, 4.69) is 24.5 Å². The van der Waals surface area contributed by atoms with Gasteiger partial charge in [0.25, 0.3) is 0 Å². The lowest BCUT2D eigenvalue weighted by molar-refractivity contribution is -0.139. The average Bonchev–Trinajstić information content (AvgIpc) is 3.30. The molecule has 1 rings (SSSR count). The van der Waals surface area contributed by atoms with Gasteiger partial charge in [-0.15, -0.1) is 0 Å². The topological polar surface area (TPSA) is 65.1 Å². The predicted octanol–water partition coefficient (Wildman–Crippen LogP) is 3.39. The van der Waals surface area contributed by atoms with Crippen molar-refractivity contribution >= 4 is 23.5 Å². The Morgan fingerprint density at radius 1 is 1.36 bits per heavy atom. The largest absolute Gasteiger partial charge is 0.463 e. The lowest BCUT2D eigenvalue weighted by atomic mass is 10.4. The summed E-state index contributed by atoms with van der Waals surface area (Å²) in [7, 11) is 0. The van der Waals surface area contributed by atoms with Gasteiger partial charge in [-0.25, -0.2) is 9.59 Å². The monoisotopic (exact) mass is 332 g/mol. The molecule has 1 aliphatic rings. The molecule has 1 saturated heterocycles. The van der Waals surface area contributed by atoms with Gasteiger partial charge in [0.05, 0.1) is 13.2 Å². The summed E-state index contributed by atoms with van der Waals surface area (Å²) in [6.45, 7) is 15.1. The number of halogens is 1. The third kappa shape index (κ3) is 18.4. The molecular formula is C16H25ClO5. The van der Waals surface area contributed by atoms with Crippen molar-refractivity contribution in [1.82, 2.24) is 0 Å². The Kier molecular flexibility index (Phi) is 16.3. The Morgan fingerprint density at radius 2 is 1.91 bits per heavy atom. The van der Waals surface area contributed by atoms with Crippen molar-refractivity contribution in [2.45, 2.75) is 32.8 Å². The maximum atomic E-state index is 10.7. The first kappa shape index (κ1) is 22.7. The minimum Gasteiger partial charge on any atom is -0.463 e. The van der Waals surface area contributed by atoms with Crippen LogP contribution >= 0.6 is 11.6 Å². The van der Waals surface area contributed by atoms with E-state index in [-0.39, 0.29) is 18.0 Å². The van der Waals surface area contributed by atoms with Gasteiger partial charge >= 0.3 is 11.9 Å². The summed E-state index contributed by atoms with van der Waals surface area (Å²) in [5.74, 6) is -0.668. The molecule has 0 aromatic heterocycles. The van der Waals surface area contributed by atoms with Crippen LogP contribution in [0.25, 0.3) is 0 Å². The van der Waals surface area contributed by atoms with Crippen molar-refractivity contribution in [3.8, 4) is 0 Å². The highest BCUT2D eigenvalue weighted by Gasteiger charge is 2.24. The number of ether oxygens (including phenoxy) is 3. The van der Waals surface area contributed by atoms with Crippen LogP contribution in [-0.2, 0) is 23.8 Å². The van der Waals surface area contributed by atoms with Gasteiger partial charge in [-0.05, 0) is 18.9 Å². The third-order valence-electron chi connectivity index (χ3n) is 2.06. The van der Waals surface area contributed by atoms with E-state index < -0.39 is 0 Å². The van der Waals surface area contributed by atoms with Crippen LogP contribution in [0.3, 0.4) is 0 Å². The molecule has 1 aliphatic heterocycles. The van der Waals surface area contributed by atoms with E-state index in [1.54, 1.807) is 6.92 Å². The molecule has 0 saturated carbocycles. The normalized spacial score (nSPS) is 14.0. The molecule has 0 aliphatic carbocycles. The third-order valence-corrected chi connectivity index (χ3v) is 2.06. The fourth-order valence-electron chi connectivity index (χ4n) is 0.832. The number of esters is 2. The Balaban J connectivity index is 0. The summed E-state index contributed by atoms with van der Waals surface area (Å²) in [6.07, 6.45) is 3.29. The Labute approximate surface area is 137 Å². The van der Waals surface area contributed by atoms with Crippen LogP contribution in [0.2, 0.25) is 0 Å². The molecule has 0 aromatic carbocycles. The molecule has 6 heteroatoms. The average molecular weight is 333 g/mol. The molecular weight excluding hydrogens is 308 g/mol. The highest BCUT2D eigenvalue weighted by Crippen LogP contribution is 2.09. The minimum absolute atomic E-state index is 0.142. The van der Waals surface area contributed by atoms with Gasteiger partial charge < -0.3 is 14.2 Å². The quantitative estimate of drug-likeness (QED) is 0.309. The second-order valence-electron chi connectivity index (χ2n) is 4.21. The molecule has 0 aromatic rings. The first-order chi connectivity index (χ1) is 10.4. The van der Waals surface area contributed by atoms with Crippen molar-refractivity contribution in [2.75, 3.05) is 19.8 Å². The maximum absolute atomic E-state index is 10.7. The lowest BCUT2D eigenvalue weighted by Crippen LogP contribution is -2.09. The maximum Gasteiger partial charge on any atom is 0.333 e. The van der Waals surface area contributed by atoms with Gasteiger partial charge in [-0.3, -0.25) is 0 Å². The molecule has 0 bridgehead atoms. The Bertz CT molecular complexity index is 362. The number of hydrogen-bond donors (Lipinski definition) is 0. The zero-order chi connectivity index (χ0) is 17.4. The molecule has 0 spiro atoms. The SMILES string of the molecule is C=C(C)C(=O)OCC1CO1.C=CC(=O)OCCCC.C=CCl. The second-order valence-corrected chi connectivity index (χ2v) is 4.52. The predicted molar refractivity (Wildman–Crippen MR) is 87.6 cm³/mol. The van der Waals surface area contributed by atoms with Gasteiger partial charge in [0.15, 0.2) is 0 Å². The summed E-state index contributed by atoms with van der Waals surface area (Å²) in [5, 5.41) is 0. The molecule has 22 heavy (non-hydrogen) atoms. The van der Waals surface area contributed by atoms with Gasteiger partial charge in [0.2, 0.25) is 0 Å². The van der Waals surface area contributed by atoms with Crippen LogP contribution in [0.4, 0.5) is 0 Å². The fourth-order valence-corrected chi connectivity index (χ4v) is 0.832. The zero-order valence-electron chi connectivity index (χ0n) is 13.3. The number of unbranched alkanes of at least 4 members (excludes halogenated alkanes) is 1. The first-order valence-electron chi connectivity index (χ1n) is 6.87. The van der Waals surface area contributed by atoms with E-state index in [4.69, 9.17) is 21.1 Å². The van der Waals surface area contributed by atoms with Crippen molar-refractivity contribution in [1.29, 1.82) is 0 Å². The van der Waals surface area contributed by atoms with Gasteiger partial charge in [0.1, 0.15) is 12.7 Å². The molecule has 5 nitrogen and oxygen atoms in total. The number of carbonyl (C=O) groups is 2. The highest BCUT2D eigenvalue weighted by atomic mass is 35.5. The van der Waals surface area contributed by atoms with Crippen molar-refractivity contribution in [2.24, 2.45) is 0 Å². The number of rotatable bonds is 7. The van der Waals surface area contributed by atoms with E-state index in [0.717, 1.165) is 12.8 Å². The molecule has 1 unspecified atom stereocenters. The number of carbonyl (C=O) groups excluding carboxylic acids is 2. The summed E-state index contributed by atoms with van der Waals surface area (Å²) < 4.78 is 14.3. The van der Waals surface area contributed by atoms with Crippen LogP contribution in [0, 0.1) is 0 Å². The first-order valence-corrected chi connectivity index (χ1v) is 7.31. The highest BCUT2D eigenvalue weighted by molar-refractivity contribution is 6.25. The Hall–Kier alpha value is -1.59.